The summed E-state index contributed by atoms with van der Waals surface area (Å²) in [5.74, 6) is -1.69. The molecule has 19 heavy (non-hydrogen) atoms. The molecule has 0 bridgehead atoms. The molecular formula is C14H13NO4. The zero-order valence-corrected chi connectivity index (χ0v) is 10.5. The topological polar surface area (TPSA) is 74.7 Å². The summed E-state index contributed by atoms with van der Waals surface area (Å²) in [5, 5.41) is 9.15. The number of benzene rings is 1. The Morgan fingerprint density at radius 1 is 1.26 bits per heavy atom. The minimum atomic E-state index is -0.930. The highest BCUT2D eigenvalue weighted by Crippen LogP contribution is 2.47. The molecule has 0 saturated heterocycles. The van der Waals surface area contributed by atoms with E-state index in [0.29, 0.717) is 24.0 Å². The second kappa shape index (κ2) is 3.66. The largest absolute Gasteiger partial charge is 0.481 e. The molecule has 1 fully saturated rings. The first kappa shape index (κ1) is 11.9. The number of carbonyl (C=O) groups excluding carboxylic acids is 2. The highest BCUT2D eigenvalue weighted by molar-refractivity contribution is 6.21. The lowest BCUT2D eigenvalue weighted by atomic mass is 10.1. The van der Waals surface area contributed by atoms with Crippen molar-refractivity contribution in [1.29, 1.82) is 0 Å². The summed E-state index contributed by atoms with van der Waals surface area (Å²) in [5.41, 5.74) is 0.742. The lowest BCUT2D eigenvalue weighted by molar-refractivity contribution is -0.143. The number of rotatable bonds is 3. The Morgan fingerprint density at radius 2 is 1.89 bits per heavy atom. The number of nitrogens with zero attached hydrogens (tertiary/aromatic N) is 1. The minimum Gasteiger partial charge on any atom is -0.481 e. The van der Waals surface area contributed by atoms with Gasteiger partial charge in [0, 0.05) is 6.54 Å². The van der Waals surface area contributed by atoms with Crippen LogP contribution in [0.25, 0.3) is 0 Å². The summed E-state index contributed by atoms with van der Waals surface area (Å²) in [7, 11) is 0. The molecule has 1 N–H and O–H groups in total. The maximum Gasteiger partial charge on any atom is 0.311 e. The Kier molecular flexibility index (Phi) is 2.29. The van der Waals surface area contributed by atoms with Crippen LogP contribution in [0.3, 0.4) is 0 Å². The van der Waals surface area contributed by atoms with Crippen molar-refractivity contribution >= 4 is 17.8 Å². The van der Waals surface area contributed by atoms with Gasteiger partial charge < -0.3 is 5.11 Å². The number of imide groups is 1. The van der Waals surface area contributed by atoms with Gasteiger partial charge in [-0.05, 0) is 31.9 Å². The standard InChI is InChI=1S/C14H13NO4/c1-8-2-3-9-10(6-8)12(17)15(11(9)16)7-14(4-5-14)13(18)19/h2-3,6H,4-5,7H2,1H3,(H,18,19). The smallest absolute Gasteiger partial charge is 0.311 e. The Morgan fingerprint density at radius 3 is 2.47 bits per heavy atom. The molecule has 1 heterocycles. The van der Waals surface area contributed by atoms with E-state index in [1.807, 2.05) is 6.92 Å². The zero-order chi connectivity index (χ0) is 13.8. The quantitative estimate of drug-likeness (QED) is 0.834. The van der Waals surface area contributed by atoms with Crippen molar-refractivity contribution in [1.82, 2.24) is 4.90 Å². The highest BCUT2D eigenvalue weighted by atomic mass is 16.4. The van der Waals surface area contributed by atoms with E-state index in [1.165, 1.54) is 0 Å². The average molecular weight is 259 g/mol. The summed E-state index contributed by atoms with van der Waals surface area (Å²) < 4.78 is 0. The van der Waals surface area contributed by atoms with Crippen LogP contribution >= 0.6 is 0 Å². The molecule has 1 aliphatic heterocycles. The number of hydrogen-bond donors (Lipinski definition) is 1. The van der Waals surface area contributed by atoms with Gasteiger partial charge in [-0.15, -0.1) is 0 Å². The number of fused-ring (bicyclic) bond motifs is 1. The van der Waals surface area contributed by atoms with E-state index >= 15 is 0 Å². The second-order valence-electron chi connectivity index (χ2n) is 5.33. The molecule has 1 aliphatic carbocycles. The molecule has 2 aliphatic rings. The summed E-state index contributed by atoms with van der Waals surface area (Å²) in [4.78, 5) is 36.6. The molecule has 0 aromatic heterocycles. The SMILES string of the molecule is Cc1ccc2c(c1)C(=O)N(CC1(C(=O)O)CC1)C2=O. The fourth-order valence-electron chi connectivity index (χ4n) is 2.44. The van der Waals surface area contributed by atoms with Gasteiger partial charge in [0.05, 0.1) is 16.5 Å². The first-order valence-electron chi connectivity index (χ1n) is 6.15. The molecule has 0 radical (unpaired) electrons. The van der Waals surface area contributed by atoms with Crippen molar-refractivity contribution in [2.75, 3.05) is 6.54 Å². The maximum absolute atomic E-state index is 12.2. The van der Waals surface area contributed by atoms with E-state index in [0.717, 1.165) is 10.5 Å². The number of aryl methyl sites for hydroxylation is 1. The minimum absolute atomic E-state index is 0.0201. The fraction of sp³-hybridized carbons (Fsp3) is 0.357. The lowest BCUT2D eigenvalue weighted by Gasteiger charge is -2.18. The van der Waals surface area contributed by atoms with E-state index in [9.17, 15) is 14.4 Å². The van der Waals surface area contributed by atoms with Crippen LogP contribution in [-0.2, 0) is 4.79 Å². The van der Waals surface area contributed by atoms with E-state index in [4.69, 9.17) is 5.11 Å². The highest BCUT2D eigenvalue weighted by Gasteiger charge is 2.54. The van der Waals surface area contributed by atoms with Crippen LogP contribution < -0.4 is 0 Å². The van der Waals surface area contributed by atoms with Crippen molar-refractivity contribution in [3.05, 3.63) is 34.9 Å². The van der Waals surface area contributed by atoms with Gasteiger partial charge in [-0.2, -0.15) is 0 Å². The molecule has 5 nitrogen and oxygen atoms in total. The molecule has 0 atom stereocenters. The third kappa shape index (κ3) is 1.65. The number of hydrogen-bond acceptors (Lipinski definition) is 3. The monoisotopic (exact) mass is 259 g/mol. The molecule has 1 aromatic carbocycles. The lowest BCUT2D eigenvalue weighted by Crippen LogP contribution is -2.38. The maximum atomic E-state index is 12.2. The average Bonchev–Trinajstić information content (AvgIpc) is 3.11. The Hall–Kier alpha value is -2.17. The number of carboxylic acid groups (broad SMARTS) is 1. The van der Waals surface area contributed by atoms with Crippen molar-refractivity contribution in [3.8, 4) is 0 Å². The molecule has 5 heteroatoms. The molecule has 98 valence electrons. The van der Waals surface area contributed by atoms with E-state index in [2.05, 4.69) is 0 Å². The molecule has 1 aromatic rings. The third-order valence-electron chi connectivity index (χ3n) is 3.89. The molecular weight excluding hydrogens is 246 g/mol. The van der Waals surface area contributed by atoms with Crippen LogP contribution in [0.5, 0.6) is 0 Å². The molecule has 0 unspecified atom stereocenters. The van der Waals surface area contributed by atoms with Gasteiger partial charge in [-0.25, -0.2) is 0 Å². The molecule has 2 amide bonds. The summed E-state index contributed by atoms with van der Waals surface area (Å²) in [6, 6.07) is 5.08. The third-order valence-corrected chi connectivity index (χ3v) is 3.89. The summed E-state index contributed by atoms with van der Waals surface area (Å²) in [6.45, 7) is 1.83. The van der Waals surface area contributed by atoms with Crippen molar-refractivity contribution in [2.24, 2.45) is 5.41 Å². The van der Waals surface area contributed by atoms with E-state index in [1.54, 1.807) is 18.2 Å². The molecule has 1 saturated carbocycles. The van der Waals surface area contributed by atoms with Gasteiger partial charge in [-0.1, -0.05) is 11.6 Å². The first-order valence-corrected chi connectivity index (χ1v) is 6.15. The Bertz CT molecular complexity index is 616. The van der Waals surface area contributed by atoms with E-state index < -0.39 is 11.4 Å². The van der Waals surface area contributed by atoms with Crippen LogP contribution in [-0.4, -0.2) is 34.3 Å². The van der Waals surface area contributed by atoms with Gasteiger partial charge >= 0.3 is 5.97 Å². The first-order chi connectivity index (χ1) is 8.94. The van der Waals surface area contributed by atoms with Crippen LogP contribution in [0, 0.1) is 12.3 Å². The van der Waals surface area contributed by atoms with Gasteiger partial charge in [0.2, 0.25) is 0 Å². The summed E-state index contributed by atoms with van der Waals surface area (Å²) in [6.07, 6.45) is 1.05. The van der Waals surface area contributed by atoms with Crippen LogP contribution in [0.4, 0.5) is 0 Å². The van der Waals surface area contributed by atoms with Crippen LogP contribution in [0.2, 0.25) is 0 Å². The zero-order valence-electron chi connectivity index (χ0n) is 10.5. The summed E-state index contributed by atoms with van der Waals surface area (Å²) >= 11 is 0. The van der Waals surface area contributed by atoms with Gasteiger partial charge in [0.25, 0.3) is 11.8 Å². The van der Waals surface area contributed by atoms with Gasteiger partial charge in [-0.3, -0.25) is 19.3 Å². The molecule has 3 rings (SSSR count). The van der Waals surface area contributed by atoms with Gasteiger partial charge in [0.15, 0.2) is 0 Å². The van der Waals surface area contributed by atoms with Crippen molar-refractivity contribution < 1.29 is 19.5 Å². The molecule has 0 spiro atoms. The van der Waals surface area contributed by atoms with Crippen molar-refractivity contribution in [3.63, 3.8) is 0 Å². The number of amides is 2. The van der Waals surface area contributed by atoms with Crippen LogP contribution in [0.15, 0.2) is 18.2 Å². The number of aliphatic carboxylic acids is 1. The predicted molar refractivity (Wildman–Crippen MR) is 65.8 cm³/mol. The number of carbonyl (C=O) groups is 3. The van der Waals surface area contributed by atoms with Crippen LogP contribution in [0.1, 0.15) is 39.1 Å². The number of carboxylic acids is 1. The fourth-order valence-corrected chi connectivity index (χ4v) is 2.44. The normalized spacial score (nSPS) is 19.5. The van der Waals surface area contributed by atoms with E-state index in [-0.39, 0.29) is 18.4 Å². The second-order valence-corrected chi connectivity index (χ2v) is 5.33. The Labute approximate surface area is 109 Å². The van der Waals surface area contributed by atoms with Gasteiger partial charge in [0.1, 0.15) is 0 Å². The predicted octanol–water partition coefficient (Wildman–Crippen LogP) is 1.46. The Balaban J connectivity index is 1.93. The van der Waals surface area contributed by atoms with Crippen molar-refractivity contribution in [2.45, 2.75) is 19.8 Å².